The molecule has 0 amide bonds. The Balaban J connectivity index is 1.51. The zero-order chi connectivity index (χ0) is 38.2. The molecule has 0 spiro atoms. The fourth-order valence-corrected chi connectivity index (χ4v) is 5.86. The predicted molar refractivity (Wildman–Crippen MR) is 146 cm³/mol. The number of hydrogen-bond acceptors (Lipinski definition) is 21. The molecule has 4 saturated heterocycles. The SMILES string of the molecule is CO[C@@H]1O[C@@H](C(=O)O)[C@@H](O[C@@H]2OC(C(=O)O)[C@@H](O[C@@H]3OC(C(=O)O)[C@@H](O[C@@H]4OC(C(=O)O)[C@@H](OC)[C@@H](O)C4O)C(O)C3O)[C@H](O)C2O)C(O)C1O. The summed E-state index contributed by atoms with van der Waals surface area (Å²) in [5.41, 5.74) is 0. The Bertz CT molecular complexity index is 1250. The molecule has 25 nitrogen and oxygen atoms in total. The van der Waals surface area contributed by atoms with Crippen molar-refractivity contribution in [1.82, 2.24) is 0 Å². The van der Waals surface area contributed by atoms with Crippen LogP contribution >= 0.6 is 0 Å². The van der Waals surface area contributed by atoms with Crippen molar-refractivity contribution in [3.8, 4) is 0 Å². The molecule has 0 radical (unpaired) electrons. The lowest BCUT2D eigenvalue weighted by atomic mass is 9.95. The summed E-state index contributed by atoms with van der Waals surface area (Å²) in [6.07, 6.45) is -43.0. The van der Waals surface area contributed by atoms with Gasteiger partial charge in [-0.25, -0.2) is 19.2 Å². The molecule has 4 fully saturated rings. The largest absolute Gasteiger partial charge is 0.479 e. The predicted octanol–water partition coefficient (Wildman–Crippen LogP) is -8.07. The van der Waals surface area contributed by atoms with Crippen LogP contribution < -0.4 is 0 Å². The van der Waals surface area contributed by atoms with Crippen LogP contribution in [-0.4, -0.2) is 222 Å². The van der Waals surface area contributed by atoms with Gasteiger partial charge in [0.25, 0.3) is 0 Å². The first-order chi connectivity index (χ1) is 23.9. The molecule has 0 aromatic carbocycles. The standard InChI is InChI=1S/C26H38O25/c1-43-11-3(27)8(32)24(49-15(11)19(35)36)46-13-5(29)10(34)26(51-17(13)21(39)40)47-14-6(30)9(33)25(50-18(14)22(41)42)45-12-4(28)7(31)23(44-2)48-16(12)20(37)38/h3-18,23-34H,1-2H3,(H,35,36)(H,37,38)(H,39,40)(H,41,42)/t3-,4?,5?,6+,7?,8?,9?,10?,11-,12-,13-,14-,15?,16+,17?,18?,23+,24+,25+,26+/m0/s1. The lowest BCUT2D eigenvalue weighted by Crippen LogP contribution is -2.68. The van der Waals surface area contributed by atoms with Crippen molar-refractivity contribution in [2.75, 3.05) is 14.2 Å². The molecule has 0 aliphatic carbocycles. The van der Waals surface area contributed by atoms with Crippen LogP contribution in [0.1, 0.15) is 0 Å². The van der Waals surface area contributed by atoms with Crippen molar-refractivity contribution >= 4 is 23.9 Å². The Hall–Kier alpha value is -2.80. The smallest absolute Gasteiger partial charge is 0.335 e. The van der Waals surface area contributed by atoms with Crippen LogP contribution in [-0.2, 0) is 61.8 Å². The van der Waals surface area contributed by atoms with Crippen LogP contribution in [0.3, 0.4) is 0 Å². The van der Waals surface area contributed by atoms with Gasteiger partial charge in [0.1, 0.15) is 73.2 Å². The highest BCUT2D eigenvalue weighted by molar-refractivity contribution is 5.75. The topological polar surface area (TPSA) is 394 Å². The molecular weight excluding hydrogens is 712 g/mol. The number of aliphatic hydroxyl groups is 8. The highest BCUT2D eigenvalue weighted by atomic mass is 16.8. The zero-order valence-electron chi connectivity index (χ0n) is 26.2. The van der Waals surface area contributed by atoms with Crippen molar-refractivity contribution < 1.29 is 123 Å². The van der Waals surface area contributed by atoms with Gasteiger partial charge in [-0.15, -0.1) is 0 Å². The third-order valence-electron chi connectivity index (χ3n) is 8.53. The number of aliphatic carboxylic acids is 4. The third kappa shape index (κ3) is 8.09. The van der Waals surface area contributed by atoms with Crippen LogP contribution in [0, 0.1) is 0 Å². The number of hydrogen-bond donors (Lipinski definition) is 12. The molecule has 0 saturated carbocycles. The Labute approximate surface area is 284 Å². The van der Waals surface area contributed by atoms with Crippen LogP contribution in [0.4, 0.5) is 0 Å². The van der Waals surface area contributed by atoms with E-state index in [-0.39, 0.29) is 0 Å². The number of carbonyl (C=O) groups is 4. The van der Waals surface area contributed by atoms with Crippen molar-refractivity contribution in [3.63, 3.8) is 0 Å². The number of rotatable bonds is 12. The molecule has 0 aromatic rings. The summed E-state index contributed by atoms with van der Waals surface area (Å²) >= 11 is 0. The molecule has 25 heteroatoms. The lowest BCUT2D eigenvalue weighted by molar-refractivity contribution is -0.378. The lowest BCUT2D eigenvalue weighted by Gasteiger charge is -2.48. The summed E-state index contributed by atoms with van der Waals surface area (Å²) in [5, 5.41) is 123. The molecule has 4 aliphatic rings. The molecule has 4 rings (SSSR count). The van der Waals surface area contributed by atoms with E-state index in [0.29, 0.717) is 0 Å². The number of methoxy groups -OCH3 is 2. The van der Waals surface area contributed by atoms with Gasteiger partial charge in [-0.1, -0.05) is 0 Å². The minimum atomic E-state index is -2.40. The normalized spacial score (nSPS) is 47.7. The number of aliphatic hydroxyl groups excluding tert-OH is 8. The molecule has 0 aromatic heterocycles. The van der Waals surface area contributed by atoms with Crippen LogP contribution in [0.5, 0.6) is 0 Å². The van der Waals surface area contributed by atoms with E-state index in [2.05, 4.69) is 0 Å². The molecule has 9 unspecified atom stereocenters. The molecule has 20 atom stereocenters. The molecule has 292 valence electrons. The summed E-state index contributed by atoms with van der Waals surface area (Å²) < 4.78 is 46.0. The summed E-state index contributed by atoms with van der Waals surface area (Å²) in [4.78, 5) is 47.8. The van der Waals surface area contributed by atoms with Gasteiger partial charge >= 0.3 is 23.9 Å². The van der Waals surface area contributed by atoms with Gasteiger partial charge in [-0.05, 0) is 0 Å². The maximum Gasteiger partial charge on any atom is 0.335 e. The van der Waals surface area contributed by atoms with E-state index in [1.165, 1.54) is 0 Å². The van der Waals surface area contributed by atoms with E-state index in [1.807, 2.05) is 0 Å². The van der Waals surface area contributed by atoms with Gasteiger partial charge < -0.3 is 104 Å². The van der Waals surface area contributed by atoms with E-state index < -0.39 is 147 Å². The first-order valence-corrected chi connectivity index (χ1v) is 14.9. The average molecular weight is 751 g/mol. The van der Waals surface area contributed by atoms with Crippen LogP contribution in [0.15, 0.2) is 0 Å². The molecular formula is C26H38O25. The van der Waals surface area contributed by atoms with Gasteiger partial charge in [0, 0.05) is 14.2 Å². The second-order valence-corrected chi connectivity index (χ2v) is 11.7. The highest BCUT2D eigenvalue weighted by Crippen LogP contribution is 2.35. The molecule has 4 aliphatic heterocycles. The molecule has 12 N–H and O–H groups in total. The molecule has 4 heterocycles. The summed E-state index contributed by atoms with van der Waals surface area (Å²) in [6, 6.07) is 0. The Kier molecular flexibility index (Phi) is 13.2. The second-order valence-electron chi connectivity index (χ2n) is 11.7. The van der Waals surface area contributed by atoms with Crippen molar-refractivity contribution in [1.29, 1.82) is 0 Å². The zero-order valence-corrected chi connectivity index (χ0v) is 26.2. The summed E-state index contributed by atoms with van der Waals surface area (Å²) in [5.74, 6) is -7.32. The van der Waals surface area contributed by atoms with Crippen LogP contribution in [0.2, 0.25) is 0 Å². The van der Waals surface area contributed by atoms with Crippen molar-refractivity contribution in [2.24, 2.45) is 0 Å². The molecule has 0 bridgehead atoms. The van der Waals surface area contributed by atoms with Gasteiger partial charge in [-0.3, -0.25) is 0 Å². The fraction of sp³-hybridized carbons (Fsp3) is 0.846. The van der Waals surface area contributed by atoms with Crippen molar-refractivity contribution in [2.45, 2.75) is 123 Å². The second kappa shape index (κ2) is 16.5. The minimum absolute atomic E-state index is 1.000. The van der Waals surface area contributed by atoms with Gasteiger partial charge in [0.15, 0.2) is 49.6 Å². The molecule has 51 heavy (non-hydrogen) atoms. The maximum atomic E-state index is 12.2. The van der Waals surface area contributed by atoms with E-state index in [4.69, 9.17) is 42.6 Å². The summed E-state index contributed by atoms with van der Waals surface area (Å²) in [7, 11) is 2.02. The summed E-state index contributed by atoms with van der Waals surface area (Å²) in [6.45, 7) is 0. The number of carboxylic acids is 4. The first kappa shape index (κ1) is 41.0. The Morgan fingerprint density at radius 1 is 0.373 bits per heavy atom. The van der Waals surface area contributed by atoms with E-state index in [9.17, 15) is 80.5 Å². The first-order valence-electron chi connectivity index (χ1n) is 14.9. The Morgan fingerprint density at radius 3 is 0.863 bits per heavy atom. The number of ether oxygens (including phenoxy) is 9. The van der Waals surface area contributed by atoms with Gasteiger partial charge in [-0.2, -0.15) is 0 Å². The third-order valence-corrected chi connectivity index (χ3v) is 8.53. The maximum absolute atomic E-state index is 12.2. The quantitative estimate of drug-likeness (QED) is 0.0881. The van der Waals surface area contributed by atoms with E-state index in [1.54, 1.807) is 0 Å². The van der Waals surface area contributed by atoms with Gasteiger partial charge in [0.2, 0.25) is 0 Å². The van der Waals surface area contributed by atoms with E-state index >= 15 is 0 Å². The minimum Gasteiger partial charge on any atom is -0.479 e. The number of carboxylic acid groups (broad SMARTS) is 4. The average Bonchev–Trinajstić information content (AvgIpc) is 3.07. The monoisotopic (exact) mass is 750 g/mol. The van der Waals surface area contributed by atoms with E-state index in [0.717, 1.165) is 14.2 Å². The van der Waals surface area contributed by atoms with Crippen LogP contribution in [0.25, 0.3) is 0 Å². The highest BCUT2D eigenvalue weighted by Gasteiger charge is 2.58. The van der Waals surface area contributed by atoms with Gasteiger partial charge in [0.05, 0.1) is 0 Å². The fourth-order valence-electron chi connectivity index (χ4n) is 5.86. The Morgan fingerprint density at radius 2 is 0.608 bits per heavy atom. The van der Waals surface area contributed by atoms with Crippen molar-refractivity contribution in [3.05, 3.63) is 0 Å².